The van der Waals surface area contributed by atoms with E-state index >= 15 is 0 Å². The van der Waals surface area contributed by atoms with Crippen molar-refractivity contribution in [1.82, 2.24) is 4.98 Å². The van der Waals surface area contributed by atoms with Crippen molar-refractivity contribution in [1.29, 1.82) is 0 Å². The minimum atomic E-state index is -0.237. The molecule has 2 heterocycles. The second-order valence-corrected chi connectivity index (χ2v) is 7.09. The molecule has 0 bridgehead atoms. The van der Waals surface area contributed by atoms with Crippen molar-refractivity contribution < 1.29 is 9.13 Å². The third-order valence-electron chi connectivity index (χ3n) is 4.33. The Kier molecular flexibility index (Phi) is 4.81. The van der Waals surface area contributed by atoms with Gasteiger partial charge in [-0.2, -0.15) is 5.10 Å². The van der Waals surface area contributed by atoms with E-state index < -0.39 is 0 Å². The molecule has 0 aliphatic carbocycles. The number of rotatable bonds is 4. The van der Waals surface area contributed by atoms with E-state index in [2.05, 4.69) is 15.5 Å². The topological polar surface area (TPSA) is 49.8 Å². The average Bonchev–Trinajstić information content (AvgIpc) is 3.09. The Morgan fingerprint density at radius 3 is 2.81 bits per heavy atom. The molecule has 1 fully saturated rings. The van der Waals surface area contributed by atoms with Crippen LogP contribution in [0.2, 0.25) is 0 Å². The summed E-state index contributed by atoms with van der Waals surface area (Å²) in [7, 11) is 0. The van der Waals surface area contributed by atoms with Crippen LogP contribution < -0.4 is 10.3 Å². The van der Waals surface area contributed by atoms with Gasteiger partial charge in [-0.15, -0.1) is 0 Å². The number of para-hydroxylation sites is 1. The Balaban J connectivity index is 1.50. The quantitative estimate of drug-likeness (QED) is 0.555. The van der Waals surface area contributed by atoms with Crippen LogP contribution >= 0.6 is 11.3 Å². The minimum Gasteiger partial charge on any atom is -0.378 e. The number of benzene rings is 2. The molecule has 7 heteroatoms. The van der Waals surface area contributed by atoms with Gasteiger partial charge in [0.2, 0.25) is 5.13 Å². The highest BCUT2D eigenvalue weighted by atomic mass is 32.1. The van der Waals surface area contributed by atoms with Gasteiger partial charge in [-0.1, -0.05) is 29.5 Å². The predicted molar refractivity (Wildman–Crippen MR) is 105 cm³/mol. The SMILES string of the molecule is C/C(=N/Nc1nc2ccccc2s1)c1ccc(N2CCOCC2)c(F)c1. The standard InChI is InChI=1S/C19H19FN4OS/c1-13(22-23-19-21-16-4-2-3-5-18(16)26-19)14-6-7-17(15(20)12-14)24-8-10-25-11-9-24/h2-7,12H,8-11H2,1H3,(H,21,23)/b22-13-. The molecule has 1 aromatic heterocycles. The van der Waals surface area contributed by atoms with E-state index in [0.717, 1.165) is 20.9 Å². The molecule has 0 atom stereocenters. The molecule has 26 heavy (non-hydrogen) atoms. The summed E-state index contributed by atoms with van der Waals surface area (Å²) in [5, 5.41) is 5.08. The summed E-state index contributed by atoms with van der Waals surface area (Å²) in [6.07, 6.45) is 0. The second kappa shape index (κ2) is 7.39. The molecule has 0 amide bonds. The number of hydrazone groups is 1. The van der Waals surface area contributed by atoms with E-state index in [4.69, 9.17) is 4.74 Å². The molecule has 0 saturated carbocycles. The third-order valence-corrected chi connectivity index (χ3v) is 5.27. The fraction of sp³-hybridized carbons (Fsp3) is 0.263. The van der Waals surface area contributed by atoms with Gasteiger partial charge in [0.25, 0.3) is 0 Å². The molecular weight excluding hydrogens is 351 g/mol. The van der Waals surface area contributed by atoms with Gasteiger partial charge in [0, 0.05) is 18.7 Å². The van der Waals surface area contributed by atoms with Gasteiger partial charge in [0.05, 0.1) is 34.8 Å². The van der Waals surface area contributed by atoms with Crippen LogP contribution in [0.15, 0.2) is 47.6 Å². The molecule has 0 spiro atoms. The third kappa shape index (κ3) is 3.54. The number of morpholine rings is 1. The van der Waals surface area contributed by atoms with Gasteiger partial charge >= 0.3 is 0 Å². The molecule has 0 radical (unpaired) electrons. The number of thiazole rings is 1. The van der Waals surface area contributed by atoms with E-state index in [1.165, 1.54) is 17.4 Å². The van der Waals surface area contributed by atoms with Crippen molar-refractivity contribution in [2.75, 3.05) is 36.6 Å². The first-order chi connectivity index (χ1) is 12.7. The van der Waals surface area contributed by atoms with Gasteiger partial charge in [-0.25, -0.2) is 9.37 Å². The van der Waals surface area contributed by atoms with Crippen molar-refractivity contribution in [3.63, 3.8) is 0 Å². The van der Waals surface area contributed by atoms with Crippen LogP contribution in [0.25, 0.3) is 10.2 Å². The molecule has 0 unspecified atom stereocenters. The maximum atomic E-state index is 14.5. The first-order valence-corrected chi connectivity index (χ1v) is 9.31. The summed E-state index contributed by atoms with van der Waals surface area (Å²) in [4.78, 5) is 6.49. The highest BCUT2D eigenvalue weighted by Gasteiger charge is 2.15. The molecule has 5 nitrogen and oxygen atoms in total. The highest BCUT2D eigenvalue weighted by Crippen LogP contribution is 2.26. The smallest absolute Gasteiger partial charge is 0.204 e. The van der Waals surface area contributed by atoms with Gasteiger partial charge in [0.15, 0.2) is 0 Å². The number of hydrogen-bond acceptors (Lipinski definition) is 6. The predicted octanol–water partition coefficient (Wildman–Crippen LogP) is 4.11. The fourth-order valence-electron chi connectivity index (χ4n) is 2.91. The molecule has 1 N–H and O–H groups in total. The van der Waals surface area contributed by atoms with Crippen LogP contribution in [0.3, 0.4) is 0 Å². The average molecular weight is 370 g/mol. The minimum absolute atomic E-state index is 0.237. The summed E-state index contributed by atoms with van der Waals surface area (Å²) >= 11 is 1.54. The van der Waals surface area contributed by atoms with E-state index in [1.807, 2.05) is 48.2 Å². The van der Waals surface area contributed by atoms with Crippen molar-refractivity contribution in [3.8, 4) is 0 Å². The number of hydrogen-bond donors (Lipinski definition) is 1. The normalized spacial score (nSPS) is 15.5. The summed E-state index contributed by atoms with van der Waals surface area (Å²) in [6, 6.07) is 13.2. The highest BCUT2D eigenvalue weighted by molar-refractivity contribution is 7.22. The van der Waals surface area contributed by atoms with Crippen molar-refractivity contribution >= 4 is 38.1 Å². The molecule has 1 saturated heterocycles. The lowest BCUT2D eigenvalue weighted by Crippen LogP contribution is -2.36. The summed E-state index contributed by atoms with van der Waals surface area (Å²) < 4.78 is 21.0. The maximum Gasteiger partial charge on any atom is 0.204 e. The Hall–Kier alpha value is -2.51. The van der Waals surface area contributed by atoms with E-state index in [9.17, 15) is 4.39 Å². The zero-order valence-electron chi connectivity index (χ0n) is 14.4. The summed E-state index contributed by atoms with van der Waals surface area (Å²) in [5.41, 5.74) is 5.98. The maximum absolute atomic E-state index is 14.5. The van der Waals surface area contributed by atoms with Crippen LogP contribution in [0.5, 0.6) is 0 Å². The molecule has 4 rings (SSSR count). The fourth-order valence-corrected chi connectivity index (χ4v) is 3.72. The second-order valence-electron chi connectivity index (χ2n) is 6.06. The van der Waals surface area contributed by atoms with Crippen molar-refractivity contribution in [3.05, 3.63) is 53.8 Å². The van der Waals surface area contributed by atoms with Gasteiger partial charge in [-0.05, 0) is 31.2 Å². The van der Waals surface area contributed by atoms with Crippen LogP contribution in [0.4, 0.5) is 15.2 Å². The molecular formula is C19H19FN4OS. The number of aromatic nitrogens is 1. The van der Waals surface area contributed by atoms with E-state index in [1.54, 1.807) is 0 Å². The van der Waals surface area contributed by atoms with Gasteiger partial charge in [-0.3, -0.25) is 5.43 Å². The van der Waals surface area contributed by atoms with Crippen LogP contribution in [-0.2, 0) is 4.74 Å². The van der Waals surface area contributed by atoms with Gasteiger partial charge < -0.3 is 9.64 Å². The van der Waals surface area contributed by atoms with E-state index in [0.29, 0.717) is 37.7 Å². The molecule has 2 aromatic carbocycles. The van der Waals surface area contributed by atoms with Crippen LogP contribution in [-0.4, -0.2) is 37.0 Å². The Bertz CT molecular complexity index is 917. The lowest BCUT2D eigenvalue weighted by Gasteiger charge is -2.29. The number of halogens is 1. The van der Waals surface area contributed by atoms with Crippen molar-refractivity contribution in [2.45, 2.75) is 6.92 Å². The Morgan fingerprint density at radius 2 is 2.04 bits per heavy atom. The number of nitrogens with one attached hydrogen (secondary N) is 1. The number of fused-ring (bicyclic) bond motifs is 1. The Labute approximate surface area is 155 Å². The molecule has 134 valence electrons. The van der Waals surface area contributed by atoms with Crippen LogP contribution in [0, 0.1) is 5.82 Å². The number of nitrogens with zero attached hydrogens (tertiary/aromatic N) is 3. The van der Waals surface area contributed by atoms with Gasteiger partial charge in [0.1, 0.15) is 5.82 Å². The summed E-state index contributed by atoms with van der Waals surface area (Å²) in [6.45, 7) is 4.54. The zero-order chi connectivity index (χ0) is 17.9. The first kappa shape index (κ1) is 16.9. The Morgan fingerprint density at radius 1 is 1.23 bits per heavy atom. The number of anilines is 2. The zero-order valence-corrected chi connectivity index (χ0v) is 15.2. The summed E-state index contributed by atoms with van der Waals surface area (Å²) in [5.74, 6) is -0.237. The monoisotopic (exact) mass is 370 g/mol. The molecule has 1 aliphatic heterocycles. The van der Waals surface area contributed by atoms with Crippen molar-refractivity contribution in [2.24, 2.45) is 5.10 Å². The molecule has 3 aromatic rings. The first-order valence-electron chi connectivity index (χ1n) is 8.49. The lowest BCUT2D eigenvalue weighted by atomic mass is 10.1. The molecule has 1 aliphatic rings. The lowest BCUT2D eigenvalue weighted by molar-refractivity contribution is 0.122. The van der Waals surface area contributed by atoms with E-state index in [-0.39, 0.29) is 5.82 Å². The number of ether oxygens (including phenoxy) is 1. The largest absolute Gasteiger partial charge is 0.378 e. The van der Waals surface area contributed by atoms with Crippen LogP contribution in [0.1, 0.15) is 12.5 Å².